The maximum absolute atomic E-state index is 10.5. The number of fused-ring (bicyclic) bond motifs is 1. The molecule has 0 radical (unpaired) electrons. The lowest BCUT2D eigenvalue weighted by molar-refractivity contribution is 0.0402. The predicted octanol–water partition coefficient (Wildman–Crippen LogP) is 3.00. The molecule has 0 unspecified atom stereocenters. The molecule has 1 aromatic carbocycles. The van der Waals surface area contributed by atoms with Crippen molar-refractivity contribution in [2.24, 2.45) is 7.05 Å². The van der Waals surface area contributed by atoms with Crippen molar-refractivity contribution >= 4 is 10.9 Å². The molecular formula is C18H21N3O2. The van der Waals surface area contributed by atoms with Crippen LogP contribution in [0.15, 0.2) is 35.0 Å². The summed E-state index contributed by atoms with van der Waals surface area (Å²) >= 11 is 0. The largest absolute Gasteiger partial charge is 0.389 e. The van der Waals surface area contributed by atoms with Gasteiger partial charge in [-0.3, -0.25) is 0 Å². The summed E-state index contributed by atoms with van der Waals surface area (Å²) in [7, 11) is 2.04. The lowest BCUT2D eigenvalue weighted by Gasteiger charge is -2.18. The molecule has 0 amide bonds. The number of nitrogens with zero attached hydrogens (tertiary/aromatic N) is 3. The molecule has 1 fully saturated rings. The first-order valence-electron chi connectivity index (χ1n) is 8.20. The summed E-state index contributed by atoms with van der Waals surface area (Å²) in [6.45, 7) is 0. The van der Waals surface area contributed by atoms with Crippen molar-refractivity contribution in [3.8, 4) is 0 Å². The predicted molar refractivity (Wildman–Crippen MR) is 87.1 cm³/mol. The number of rotatable bonds is 4. The summed E-state index contributed by atoms with van der Waals surface area (Å²) in [6, 6.07) is 8.37. The summed E-state index contributed by atoms with van der Waals surface area (Å²) in [4.78, 5) is 4.49. The minimum Gasteiger partial charge on any atom is -0.389 e. The van der Waals surface area contributed by atoms with Crippen molar-refractivity contribution in [3.63, 3.8) is 0 Å². The van der Waals surface area contributed by atoms with E-state index in [4.69, 9.17) is 4.52 Å². The highest BCUT2D eigenvalue weighted by molar-refractivity contribution is 5.83. The van der Waals surface area contributed by atoms with Crippen LogP contribution in [0, 0.1) is 0 Å². The summed E-state index contributed by atoms with van der Waals surface area (Å²) < 4.78 is 7.48. The van der Waals surface area contributed by atoms with Crippen LogP contribution < -0.4 is 0 Å². The molecule has 5 heteroatoms. The van der Waals surface area contributed by atoms with Gasteiger partial charge in [0.15, 0.2) is 5.82 Å². The van der Waals surface area contributed by atoms with E-state index in [0.29, 0.717) is 24.6 Å². The van der Waals surface area contributed by atoms with Crippen LogP contribution in [0.25, 0.3) is 10.9 Å². The van der Waals surface area contributed by atoms with Gasteiger partial charge in [-0.05, 0) is 29.9 Å². The molecule has 5 nitrogen and oxygen atoms in total. The average molecular weight is 311 g/mol. The first kappa shape index (κ1) is 14.5. The van der Waals surface area contributed by atoms with Crippen LogP contribution in [-0.2, 0) is 19.9 Å². The standard InChI is InChI=1S/C18H21N3O2/c1-21-10-7-13-5-4-6-14(17(13)21)11-15-19-16(23-20-15)12-18(22)8-2-3-9-18/h4-7,10,22H,2-3,8-9,11-12H2,1H3. The molecule has 0 atom stereocenters. The second-order valence-corrected chi connectivity index (χ2v) is 6.67. The van der Waals surface area contributed by atoms with E-state index >= 15 is 0 Å². The first-order valence-corrected chi connectivity index (χ1v) is 8.20. The minimum absolute atomic E-state index is 0.467. The maximum Gasteiger partial charge on any atom is 0.229 e. The Labute approximate surface area is 134 Å². The molecule has 120 valence electrons. The number of aryl methyl sites for hydroxylation is 1. The van der Waals surface area contributed by atoms with Crippen molar-refractivity contribution in [2.75, 3.05) is 0 Å². The Morgan fingerprint density at radius 3 is 2.91 bits per heavy atom. The molecule has 3 aromatic rings. The molecule has 1 N–H and O–H groups in total. The summed E-state index contributed by atoms with van der Waals surface area (Å²) in [6.07, 6.45) is 6.97. The van der Waals surface area contributed by atoms with Gasteiger partial charge in [0.25, 0.3) is 0 Å². The van der Waals surface area contributed by atoms with E-state index in [1.54, 1.807) is 0 Å². The number of aliphatic hydroxyl groups is 1. The third-order valence-corrected chi connectivity index (χ3v) is 4.85. The van der Waals surface area contributed by atoms with Gasteiger partial charge in [-0.2, -0.15) is 4.98 Å². The van der Waals surface area contributed by atoms with E-state index < -0.39 is 5.60 Å². The zero-order valence-electron chi connectivity index (χ0n) is 13.3. The Morgan fingerprint density at radius 2 is 2.09 bits per heavy atom. The van der Waals surface area contributed by atoms with E-state index in [2.05, 4.69) is 45.2 Å². The molecule has 0 aliphatic heterocycles. The minimum atomic E-state index is -0.651. The fourth-order valence-electron chi connectivity index (χ4n) is 3.68. The normalized spacial score (nSPS) is 17.1. The van der Waals surface area contributed by atoms with Crippen molar-refractivity contribution in [2.45, 2.75) is 44.1 Å². The van der Waals surface area contributed by atoms with E-state index in [1.165, 1.54) is 16.5 Å². The number of aromatic nitrogens is 3. The molecule has 1 aliphatic rings. The van der Waals surface area contributed by atoms with Gasteiger partial charge in [0.2, 0.25) is 5.89 Å². The fourth-order valence-corrected chi connectivity index (χ4v) is 3.68. The third kappa shape index (κ3) is 2.77. The second kappa shape index (κ2) is 5.49. The molecule has 2 aromatic heterocycles. The highest BCUT2D eigenvalue weighted by atomic mass is 16.5. The molecule has 1 saturated carbocycles. The van der Waals surface area contributed by atoms with Crippen LogP contribution in [0.4, 0.5) is 0 Å². The second-order valence-electron chi connectivity index (χ2n) is 6.67. The zero-order chi connectivity index (χ0) is 15.9. The topological polar surface area (TPSA) is 64.1 Å². The van der Waals surface area contributed by atoms with Crippen molar-refractivity contribution in [1.29, 1.82) is 0 Å². The van der Waals surface area contributed by atoms with Crippen molar-refractivity contribution in [3.05, 3.63) is 47.7 Å². The van der Waals surface area contributed by atoms with Gasteiger partial charge >= 0.3 is 0 Å². The smallest absolute Gasteiger partial charge is 0.229 e. The van der Waals surface area contributed by atoms with Gasteiger partial charge in [0.1, 0.15) is 0 Å². The molecule has 2 heterocycles. The lowest BCUT2D eigenvalue weighted by atomic mass is 9.98. The van der Waals surface area contributed by atoms with Gasteiger partial charge in [-0.15, -0.1) is 0 Å². The van der Waals surface area contributed by atoms with E-state index in [0.717, 1.165) is 25.7 Å². The van der Waals surface area contributed by atoms with Crippen LogP contribution in [0.3, 0.4) is 0 Å². The Bertz CT molecular complexity index is 828. The molecule has 23 heavy (non-hydrogen) atoms. The van der Waals surface area contributed by atoms with Gasteiger partial charge in [0.05, 0.1) is 17.5 Å². The highest BCUT2D eigenvalue weighted by Gasteiger charge is 2.33. The summed E-state index contributed by atoms with van der Waals surface area (Å²) in [5.74, 6) is 1.22. The van der Waals surface area contributed by atoms with Crippen LogP contribution in [0.2, 0.25) is 0 Å². The summed E-state index contributed by atoms with van der Waals surface area (Å²) in [5.41, 5.74) is 1.73. The lowest BCUT2D eigenvalue weighted by Crippen LogP contribution is -2.27. The van der Waals surface area contributed by atoms with Gasteiger partial charge < -0.3 is 14.2 Å². The average Bonchev–Trinajstić information content (AvgIpc) is 3.23. The first-order chi connectivity index (χ1) is 11.1. The summed E-state index contributed by atoms with van der Waals surface area (Å²) in [5, 5.41) is 15.8. The van der Waals surface area contributed by atoms with E-state index in [-0.39, 0.29) is 0 Å². The van der Waals surface area contributed by atoms with E-state index in [1.807, 2.05) is 7.05 Å². The van der Waals surface area contributed by atoms with Crippen LogP contribution in [0.1, 0.15) is 43.0 Å². The molecule has 0 spiro atoms. The highest BCUT2D eigenvalue weighted by Crippen LogP contribution is 2.32. The molecule has 0 bridgehead atoms. The van der Waals surface area contributed by atoms with Crippen molar-refractivity contribution in [1.82, 2.24) is 14.7 Å². The Hall–Kier alpha value is -2.14. The van der Waals surface area contributed by atoms with E-state index in [9.17, 15) is 5.11 Å². The van der Waals surface area contributed by atoms with Crippen LogP contribution in [0.5, 0.6) is 0 Å². The van der Waals surface area contributed by atoms with Crippen molar-refractivity contribution < 1.29 is 9.63 Å². The SMILES string of the molecule is Cn1ccc2cccc(Cc3noc(CC4(O)CCCC4)n3)c21. The third-order valence-electron chi connectivity index (χ3n) is 4.85. The monoisotopic (exact) mass is 311 g/mol. The van der Waals surface area contributed by atoms with Gasteiger partial charge in [-0.1, -0.05) is 36.2 Å². The quantitative estimate of drug-likeness (QED) is 0.804. The van der Waals surface area contributed by atoms with Crippen LogP contribution in [-0.4, -0.2) is 25.4 Å². The number of benzene rings is 1. The molecule has 4 rings (SSSR count). The number of hydrogen-bond donors (Lipinski definition) is 1. The molecular weight excluding hydrogens is 290 g/mol. The van der Waals surface area contributed by atoms with Gasteiger partial charge in [0, 0.05) is 19.7 Å². The fraction of sp³-hybridized carbons (Fsp3) is 0.444. The molecule has 1 aliphatic carbocycles. The Kier molecular flexibility index (Phi) is 3.45. The van der Waals surface area contributed by atoms with Crippen LogP contribution >= 0.6 is 0 Å². The molecule has 0 saturated heterocycles. The maximum atomic E-state index is 10.5. The number of para-hydroxylation sites is 1. The Morgan fingerprint density at radius 1 is 1.26 bits per heavy atom. The Balaban J connectivity index is 1.56. The van der Waals surface area contributed by atoms with Gasteiger partial charge in [-0.25, -0.2) is 0 Å². The zero-order valence-corrected chi connectivity index (χ0v) is 13.3. The number of hydrogen-bond acceptors (Lipinski definition) is 4.